The van der Waals surface area contributed by atoms with E-state index in [9.17, 15) is 0 Å². The largest absolute Gasteiger partial charge is 0.250 e. The third-order valence-corrected chi connectivity index (χ3v) is 3.99. The molecule has 4 heteroatoms. The summed E-state index contributed by atoms with van der Waals surface area (Å²) in [4.78, 5) is 0. The third kappa shape index (κ3) is 2.10. The van der Waals surface area contributed by atoms with Gasteiger partial charge in [-0.25, -0.2) is 0 Å². The molecule has 0 atom stereocenters. The van der Waals surface area contributed by atoms with E-state index in [1.807, 2.05) is 4.68 Å². The Morgan fingerprint density at radius 2 is 2.00 bits per heavy atom. The summed E-state index contributed by atoms with van der Waals surface area (Å²) in [6.45, 7) is 4.27. The van der Waals surface area contributed by atoms with Crippen LogP contribution in [0.2, 0.25) is 5.15 Å². The lowest BCUT2D eigenvalue weighted by molar-refractivity contribution is 0.461. The molecule has 0 bridgehead atoms. The molecule has 0 unspecified atom stereocenters. The Kier molecular flexibility index (Phi) is 3.81. The zero-order chi connectivity index (χ0) is 11.7. The number of halogens is 2. The lowest BCUT2D eigenvalue weighted by Crippen LogP contribution is -2.07. The molecule has 0 amide bonds. The fourth-order valence-electron chi connectivity index (χ4n) is 2.44. The van der Waals surface area contributed by atoms with E-state index in [0.717, 1.165) is 16.4 Å². The molecule has 1 aliphatic carbocycles. The molecule has 0 spiro atoms. The van der Waals surface area contributed by atoms with Crippen molar-refractivity contribution in [2.75, 3.05) is 0 Å². The van der Waals surface area contributed by atoms with Gasteiger partial charge in [-0.3, -0.25) is 4.68 Å². The molecule has 0 aromatic carbocycles. The highest BCUT2D eigenvalue weighted by Crippen LogP contribution is 2.35. The van der Waals surface area contributed by atoms with E-state index in [4.69, 9.17) is 23.2 Å². The smallest absolute Gasteiger partial charge is 0.132 e. The van der Waals surface area contributed by atoms with Gasteiger partial charge in [-0.2, -0.15) is 5.10 Å². The molecule has 0 N–H and O–H groups in total. The predicted molar refractivity (Wildman–Crippen MR) is 68.4 cm³/mol. The average Bonchev–Trinajstić information content (AvgIpc) is 2.84. The standard InChI is InChI=1S/C12H18Cl2N2/c1-8(2)11-10(7-13)12(14)16(15-11)9-5-3-4-6-9/h8-9H,3-7H2,1-2H3. The third-order valence-electron chi connectivity index (χ3n) is 3.33. The first-order chi connectivity index (χ1) is 7.65. The second kappa shape index (κ2) is 4.97. The first kappa shape index (κ1) is 12.3. The number of rotatable bonds is 3. The first-order valence-corrected chi connectivity index (χ1v) is 6.89. The number of hydrogen-bond donors (Lipinski definition) is 0. The fraction of sp³-hybridized carbons (Fsp3) is 0.750. The summed E-state index contributed by atoms with van der Waals surface area (Å²) in [6, 6.07) is 0.488. The van der Waals surface area contributed by atoms with Crippen molar-refractivity contribution in [1.29, 1.82) is 0 Å². The topological polar surface area (TPSA) is 17.8 Å². The van der Waals surface area contributed by atoms with Crippen molar-refractivity contribution in [1.82, 2.24) is 9.78 Å². The maximum absolute atomic E-state index is 6.37. The van der Waals surface area contributed by atoms with Crippen LogP contribution in [0.1, 0.15) is 62.7 Å². The van der Waals surface area contributed by atoms with Gasteiger partial charge >= 0.3 is 0 Å². The molecule has 1 aromatic rings. The molecule has 1 saturated carbocycles. The summed E-state index contributed by atoms with van der Waals surface area (Å²) in [5.74, 6) is 0.841. The van der Waals surface area contributed by atoms with Gasteiger partial charge in [0.25, 0.3) is 0 Å². The van der Waals surface area contributed by atoms with Crippen LogP contribution in [-0.2, 0) is 5.88 Å². The highest BCUT2D eigenvalue weighted by atomic mass is 35.5. The molecule has 1 aromatic heterocycles. The van der Waals surface area contributed by atoms with E-state index in [2.05, 4.69) is 18.9 Å². The lowest BCUT2D eigenvalue weighted by atomic mass is 10.1. The molecular weight excluding hydrogens is 243 g/mol. The maximum Gasteiger partial charge on any atom is 0.132 e. The van der Waals surface area contributed by atoms with Crippen LogP contribution in [0.3, 0.4) is 0 Å². The van der Waals surface area contributed by atoms with Crippen LogP contribution in [0.25, 0.3) is 0 Å². The lowest BCUT2D eigenvalue weighted by Gasteiger charge is -2.10. The number of hydrogen-bond acceptors (Lipinski definition) is 1. The van der Waals surface area contributed by atoms with Crippen LogP contribution in [0, 0.1) is 0 Å². The normalized spacial score (nSPS) is 17.6. The molecule has 0 saturated heterocycles. The van der Waals surface area contributed by atoms with Crippen molar-refractivity contribution in [2.24, 2.45) is 0 Å². The summed E-state index contributed by atoms with van der Waals surface area (Å²) in [5, 5.41) is 5.42. The summed E-state index contributed by atoms with van der Waals surface area (Å²) in [6.07, 6.45) is 4.96. The van der Waals surface area contributed by atoms with Crippen molar-refractivity contribution in [3.8, 4) is 0 Å². The van der Waals surface area contributed by atoms with E-state index in [-0.39, 0.29) is 0 Å². The number of aromatic nitrogens is 2. The van der Waals surface area contributed by atoms with Crippen LogP contribution >= 0.6 is 23.2 Å². The summed E-state index contributed by atoms with van der Waals surface area (Å²) in [7, 11) is 0. The van der Waals surface area contributed by atoms with Crippen LogP contribution in [-0.4, -0.2) is 9.78 Å². The Morgan fingerprint density at radius 1 is 1.38 bits per heavy atom. The quantitative estimate of drug-likeness (QED) is 0.732. The zero-order valence-electron chi connectivity index (χ0n) is 9.84. The predicted octanol–water partition coefficient (Wildman–Crippen LogP) is 4.51. The minimum atomic E-state index is 0.383. The van der Waals surface area contributed by atoms with E-state index in [0.29, 0.717) is 17.8 Å². The number of nitrogens with zero attached hydrogens (tertiary/aromatic N) is 2. The highest BCUT2D eigenvalue weighted by molar-refractivity contribution is 6.31. The Balaban J connectivity index is 2.38. The minimum Gasteiger partial charge on any atom is -0.250 e. The molecule has 1 fully saturated rings. The molecular formula is C12H18Cl2N2. The van der Waals surface area contributed by atoms with Crippen LogP contribution < -0.4 is 0 Å². The van der Waals surface area contributed by atoms with E-state index < -0.39 is 0 Å². The first-order valence-electron chi connectivity index (χ1n) is 5.98. The van der Waals surface area contributed by atoms with E-state index in [1.54, 1.807) is 0 Å². The molecule has 16 heavy (non-hydrogen) atoms. The molecule has 0 radical (unpaired) electrons. The Hall–Kier alpha value is -0.210. The van der Waals surface area contributed by atoms with Crippen LogP contribution in [0.5, 0.6) is 0 Å². The second-order valence-corrected chi connectivity index (χ2v) is 5.45. The van der Waals surface area contributed by atoms with Gasteiger partial charge in [0.1, 0.15) is 5.15 Å². The van der Waals surface area contributed by atoms with Crippen molar-refractivity contribution in [3.05, 3.63) is 16.4 Å². The van der Waals surface area contributed by atoms with Crippen molar-refractivity contribution < 1.29 is 0 Å². The molecule has 1 heterocycles. The average molecular weight is 261 g/mol. The Bertz CT molecular complexity index is 365. The Morgan fingerprint density at radius 3 is 2.44 bits per heavy atom. The molecule has 90 valence electrons. The van der Waals surface area contributed by atoms with Gasteiger partial charge < -0.3 is 0 Å². The van der Waals surface area contributed by atoms with Crippen LogP contribution in [0.4, 0.5) is 0 Å². The van der Waals surface area contributed by atoms with Gasteiger partial charge in [-0.05, 0) is 18.8 Å². The van der Waals surface area contributed by atoms with Gasteiger partial charge in [0, 0.05) is 5.56 Å². The SMILES string of the molecule is CC(C)c1nn(C2CCCC2)c(Cl)c1CCl. The maximum atomic E-state index is 6.37. The van der Waals surface area contributed by atoms with Gasteiger partial charge in [0.05, 0.1) is 17.6 Å². The fourth-order valence-corrected chi connectivity index (χ4v) is 3.11. The highest BCUT2D eigenvalue weighted by Gasteiger charge is 2.24. The molecule has 0 aliphatic heterocycles. The van der Waals surface area contributed by atoms with Crippen molar-refractivity contribution in [3.63, 3.8) is 0 Å². The second-order valence-electron chi connectivity index (χ2n) is 4.83. The zero-order valence-corrected chi connectivity index (χ0v) is 11.4. The number of alkyl halides is 1. The van der Waals surface area contributed by atoms with Gasteiger partial charge in [-0.1, -0.05) is 38.3 Å². The molecule has 2 rings (SSSR count). The van der Waals surface area contributed by atoms with Crippen LogP contribution in [0.15, 0.2) is 0 Å². The van der Waals surface area contributed by atoms with Crippen molar-refractivity contribution in [2.45, 2.75) is 57.4 Å². The molecule has 1 aliphatic rings. The Labute approximate surface area is 107 Å². The van der Waals surface area contributed by atoms with E-state index >= 15 is 0 Å². The monoisotopic (exact) mass is 260 g/mol. The van der Waals surface area contributed by atoms with Gasteiger partial charge in [0.2, 0.25) is 0 Å². The van der Waals surface area contributed by atoms with Crippen molar-refractivity contribution >= 4 is 23.2 Å². The summed E-state index contributed by atoms with van der Waals surface area (Å²) in [5.41, 5.74) is 2.08. The minimum absolute atomic E-state index is 0.383. The summed E-state index contributed by atoms with van der Waals surface area (Å²) < 4.78 is 2.00. The van der Waals surface area contributed by atoms with E-state index in [1.165, 1.54) is 25.7 Å². The van der Waals surface area contributed by atoms with Gasteiger partial charge in [-0.15, -0.1) is 11.6 Å². The summed E-state index contributed by atoms with van der Waals surface area (Å²) >= 11 is 12.3. The molecule has 2 nitrogen and oxygen atoms in total. The van der Waals surface area contributed by atoms with Gasteiger partial charge in [0.15, 0.2) is 0 Å².